The number of ether oxygens (including phenoxy) is 1. The maximum absolute atomic E-state index is 11.9. The van der Waals surface area contributed by atoms with Crippen molar-refractivity contribution in [3.63, 3.8) is 0 Å². The van der Waals surface area contributed by atoms with Gasteiger partial charge in [-0.05, 0) is 6.42 Å². The number of hydrogen-bond donors (Lipinski definition) is 1. The Morgan fingerprint density at radius 2 is 1.96 bits per heavy atom. The number of nitrogens with zero attached hydrogens (tertiary/aromatic N) is 3. The Labute approximate surface area is 144 Å². The first-order valence-corrected chi connectivity index (χ1v) is 8.63. The minimum Gasteiger partial charge on any atom is -0.381 e. The van der Waals surface area contributed by atoms with Gasteiger partial charge in [0.2, 0.25) is 0 Å². The van der Waals surface area contributed by atoms with E-state index in [1.165, 1.54) is 0 Å². The number of carbonyl (C=O) groups excluding carboxylic acids is 2. The van der Waals surface area contributed by atoms with Crippen LogP contribution < -0.4 is 5.32 Å². The SMILES string of the molecule is CC(C)NCc1cn(CC(=O)CCCOCCC(=O)C(C)C)nn1. The zero-order chi connectivity index (χ0) is 17.9. The minimum atomic E-state index is 0.0542. The van der Waals surface area contributed by atoms with Gasteiger partial charge in [0.05, 0.1) is 18.5 Å². The number of hydrogen-bond acceptors (Lipinski definition) is 6. The maximum Gasteiger partial charge on any atom is 0.154 e. The van der Waals surface area contributed by atoms with Gasteiger partial charge in [-0.15, -0.1) is 5.10 Å². The van der Waals surface area contributed by atoms with Crippen molar-refractivity contribution in [1.29, 1.82) is 0 Å². The second kappa shape index (κ2) is 11.0. The fourth-order valence-corrected chi connectivity index (χ4v) is 2.00. The maximum atomic E-state index is 11.9. The van der Waals surface area contributed by atoms with E-state index in [9.17, 15) is 9.59 Å². The van der Waals surface area contributed by atoms with E-state index < -0.39 is 0 Å². The van der Waals surface area contributed by atoms with Gasteiger partial charge in [0.15, 0.2) is 5.78 Å². The van der Waals surface area contributed by atoms with Crippen LogP contribution in [0.2, 0.25) is 0 Å². The van der Waals surface area contributed by atoms with Crippen LogP contribution in [0.25, 0.3) is 0 Å². The van der Waals surface area contributed by atoms with E-state index in [0.717, 1.165) is 5.69 Å². The molecule has 1 heterocycles. The van der Waals surface area contributed by atoms with E-state index in [1.54, 1.807) is 10.9 Å². The first-order valence-electron chi connectivity index (χ1n) is 8.63. The highest BCUT2D eigenvalue weighted by atomic mass is 16.5. The van der Waals surface area contributed by atoms with Crippen LogP contribution in [0.1, 0.15) is 52.7 Å². The Hall–Kier alpha value is -1.60. The molecular weight excluding hydrogens is 308 g/mol. The van der Waals surface area contributed by atoms with Crippen molar-refractivity contribution >= 4 is 11.6 Å². The molecule has 0 radical (unpaired) electrons. The van der Waals surface area contributed by atoms with E-state index in [4.69, 9.17) is 4.74 Å². The molecule has 24 heavy (non-hydrogen) atoms. The van der Waals surface area contributed by atoms with Crippen LogP contribution in [0.3, 0.4) is 0 Å². The molecule has 0 fully saturated rings. The molecule has 0 aliphatic heterocycles. The molecule has 7 heteroatoms. The van der Waals surface area contributed by atoms with Crippen LogP contribution in [0, 0.1) is 5.92 Å². The van der Waals surface area contributed by atoms with Crippen molar-refractivity contribution in [2.24, 2.45) is 5.92 Å². The summed E-state index contributed by atoms with van der Waals surface area (Å²) < 4.78 is 6.97. The number of nitrogens with one attached hydrogen (secondary N) is 1. The molecule has 0 bridgehead atoms. The summed E-state index contributed by atoms with van der Waals surface area (Å²) in [6, 6.07) is 0.382. The molecule has 0 aromatic carbocycles. The average molecular weight is 338 g/mol. The van der Waals surface area contributed by atoms with Gasteiger partial charge in [0.1, 0.15) is 12.3 Å². The van der Waals surface area contributed by atoms with Gasteiger partial charge in [-0.25, -0.2) is 4.68 Å². The van der Waals surface area contributed by atoms with Crippen molar-refractivity contribution in [2.45, 2.75) is 66.1 Å². The standard InChI is InChI=1S/C17H30N4O3/c1-13(2)17(23)7-9-24-8-5-6-16(22)12-21-11-15(19-20-21)10-18-14(3)4/h11,13-14,18H,5-10,12H2,1-4H3. The van der Waals surface area contributed by atoms with Crippen LogP contribution >= 0.6 is 0 Å². The molecule has 1 aromatic heterocycles. The van der Waals surface area contributed by atoms with Crippen molar-refractivity contribution in [3.8, 4) is 0 Å². The van der Waals surface area contributed by atoms with Gasteiger partial charge in [-0.1, -0.05) is 32.9 Å². The fourth-order valence-electron chi connectivity index (χ4n) is 2.00. The molecule has 0 aliphatic carbocycles. The zero-order valence-electron chi connectivity index (χ0n) is 15.2. The molecule has 0 spiro atoms. The summed E-state index contributed by atoms with van der Waals surface area (Å²) in [6.07, 6.45) is 3.34. The molecule has 0 aliphatic rings. The van der Waals surface area contributed by atoms with Crippen LogP contribution in [0.15, 0.2) is 6.20 Å². The highest BCUT2D eigenvalue weighted by molar-refractivity contribution is 5.80. The third-order valence-electron chi connectivity index (χ3n) is 3.50. The van der Waals surface area contributed by atoms with Gasteiger partial charge in [0.25, 0.3) is 0 Å². The topological polar surface area (TPSA) is 86.1 Å². The Bertz CT molecular complexity index is 512. The second-order valence-electron chi connectivity index (χ2n) is 6.57. The zero-order valence-corrected chi connectivity index (χ0v) is 15.2. The lowest BCUT2D eigenvalue weighted by Gasteiger charge is -2.05. The lowest BCUT2D eigenvalue weighted by Crippen LogP contribution is -2.22. The number of rotatable bonds is 13. The molecule has 7 nitrogen and oxygen atoms in total. The van der Waals surface area contributed by atoms with E-state index in [1.807, 2.05) is 13.8 Å². The van der Waals surface area contributed by atoms with Crippen molar-refractivity contribution in [3.05, 3.63) is 11.9 Å². The van der Waals surface area contributed by atoms with Crippen LogP contribution in [0.4, 0.5) is 0 Å². The smallest absolute Gasteiger partial charge is 0.154 e. The normalized spacial score (nSPS) is 11.4. The summed E-state index contributed by atoms with van der Waals surface area (Å²) >= 11 is 0. The number of Topliss-reactive ketones (excluding diaryl/α,β-unsaturated/α-hetero) is 2. The van der Waals surface area contributed by atoms with E-state index in [-0.39, 0.29) is 24.0 Å². The first-order chi connectivity index (χ1) is 11.4. The van der Waals surface area contributed by atoms with Crippen LogP contribution in [-0.4, -0.2) is 45.8 Å². The Morgan fingerprint density at radius 1 is 1.21 bits per heavy atom. The molecule has 1 aromatic rings. The van der Waals surface area contributed by atoms with Gasteiger partial charge in [0, 0.05) is 38.0 Å². The van der Waals surface area contributed by atoms with E-state index in [2.05, 4.69) is 29.5 Å². The monoisotopic (exact) mass is 338 g/mol. The summed E-state index contributed by atoms with van der Waals surface area (Å²) in [5.74, 6) is 0.364. The molecule has 0 amide bonds. The lowest BCUT2D eigenvalue weighted by molar-refractivity contribution is -0.123. The molecular formula is C17H30N4O3. The molecule has 1 rings (SSSR count). The molecule has 136 valence electrons. The van der Waals surface area contributed by atoms with E-state index in [0.29, 0.717) is 45.1 Å². The molecule has 0 saturated carbocycles. The van der Waals surface area contributed by atoms with Gasteiger partial charge >= 0.3 is 0 Å². The summed E-state index contributed by atoms with van der Waals surface area (Å²) in [7, 11) is 0. The van der Waals surface area contributed by atoms with Gasteiger partial charge in [-0.3, -0.25) is 9.59 Å². The first kappa shape index (κ1) is 20.4. The fraction of sp³-hybridized carbons (Fsp3) is 0.765. The quantitative estimate of drug-likeness (QED) is 0.552. The number of carbonyl (C=O) groups is 2. The number of aromatic nitrogens is 3. The third kappa shape index (κ3) is 8.88. The molecule has 0 saturated heterocycles. The second-order valence-corrected chi connectivity index (χ2v) is 6.57. The van der Waals surface area contributed by atoms with Crippen LogP contribution in [0.5, 0.6) is 0 Å². The average Bonchev–Trinajstić information content (AvgIpc) is 2.95. The highest BCUT2D eigenvalue weighted by Crippen LogP contribution is 2.01. The predicted octanol–water partition coefficient (Wildman–Crippen LogP) is 1.76. The van der Waals surface area contributed by atoms with Crippen molar-refractivity contribution in [2.75, 3.05) is 13.2 Å². The third-order valence-corrected chi connectivity index (χ3v) is 3.50. The van der Waals surface area contributed by atoms with Crippen LogP contribution in [-0.2, 0) is 27.4 Å². The van der Waals surface area contributed by atoms with Gasteiger partial charge in [-0.2, -0.15) is 0 Å². The predicted molar refractivity (Wildman–Crippen MR) is 91.5 cm³/mol. The summed E-state index contributed by atoms with van der Waals surface area (Å²) in [5, 5.41) is 11.3. The largest absolute Gasteiger partial charge is 0.381 e. The Kier molecular flexibility index (Phi) is 9.41. The van der Waals surface area contributed by atoms with E-state index >= 15 is 0 Å². The molecule has 0 unspecified atom stereocenters. The molecule has 0 atom stereocenters. The van der Waals surface area contributed by atoms with Crippen molar-refractivity contribution in [1.82, 2.24) is 20.3 Å². The van der Waals surface area contributed by atoms with Crippen molar-refractivity contribution < 1.29 is 14.3 Å². The number of ketones is 2. The Balaban J connectivity index is 2.12. The highest BCUT2D eigenvalue weighted by Gasteiger charge is 2.08. The Morgan fingerprint density at radius 3 is 2.62 bits per heavy atom. The lowest BCUT2D eigenvalue weighted by atomic mass is 10.1. The van der Waals surface area contributed by atoms with Gasteiger partial charge < -0.3 is 10.1 Å². The summed E-state index contributed by atoms with van der Waals surface area (Å²) in [4.78, 5) is 23.3. The summed E-state index contributed by atoms with van der Waals surface area (Å²) in [5.41, 5.74) is 0.828. The minimum absolute atomic E-state index is 0.0542. The molecule has 1 N–H and O–H groups in total. The summed E-state index contributed by atoms with van der Waals surface area (Å²) in [6.45, 7) is 9.71.